The summed E-state index contributed by atoms with van der Waals surface area (Å²) in [6, 6.07) is 2.65. The van der Waals surface area contributed by atoms with Crippen LogP contribution in [0, 0.1) is 6.92 Å². The van der Waals surface area contributed by atoms with E-state index in [-0.39, 0.29) is 0 Å². The van der Waals surface area contributed by atoms with Crippen molar-refractivity contribution in [2.24, 2.45) is 5.73 Å². The molecular weight excluding hydrogens is 222 g/mol. The number of rotatable bonds is 4. The monoisotopic (exact) mass is 239 g/mol. The van der Waals surface area contributed by atoms with Crippen LogP contribution in [0.4, 0.5) is 0 Å². The molecule has 5 nitrogen and oxygen atoms in total. The van der Waals surface area contributed by atoms with Crippen molar-refractivity contribution in [3.63, 3.8) is 0 Å². The topological polar surface area (TPSA) is 70.8 Å². The number of methoxy groups -OCH3 is 2. The maximum absolute atomic E-state index is 11.4. The van der Waals surface area contributed by atoms with Crippen LogP contribution in [0.2, 0.25) is 0 Å². The first-order valence-corrected chi connectivity index (χ1v) is 5.20. The summed E-state index contributed by atoms with van der Waals surface area (Å²) in [7, 11) is 3.07. The summed E-state index contributed by atoms with van der Waals surface area (Å²) in [5.74, 6) is 0.974. The predicted octanol–water partition coefficient (Wildman–Crippen LogP) is 1.26. The number of nitrogens with two attached hydrogens (primary N) is 1. The molecule has 0 radical (unpaired) electrons. The van der Waals surface area contributed by atoms with E-state index in [9.17, 15) is 4.79 Å². The summed E-state index contributed by atoms with van der Waals surface area (Å²) in [5, 5.41) is 0. The molecule has 0 fully saturated rings. The molecular formula is C12H17NO4. The Morgan fingerprint density at radius 1 is 1.24 bits per heavy atom. The van der Waals surface area contributed by atoms with Crippen molar-refractivity contribution in [1.82, 2.24) is 0 Å². The molecule has 1 rings (SSSR count). The fourth-order valence-electron chi connectivity index (χ4n) is 1.41. The zero-order valence-corrected chi connectivity index (χ0v) is 10.4. The first-order valence-electron chi connectivity index (χ1n) is 5.20. The van der Waals surface area contributed by atoms with Gasteiger partial charge in [0, 0.05) is 5.56 Å². The predicted molar refractivity (Wildman–Crippen MR) is 63.6 cm³/mol. The Morgan fingerprint density at radius 3 is 2.29 bits per heavy atom. The number of carbonyl (C=O) groups excluding carboxylic acids is 1. The second-order valence-corrected chi connectivity index (χ2v) is 3.63. The molecule has 0 saturated carbocycles. The van der Waals surface area contributed by atoms with Gasteiger partial charge in [-0.2, -0.15) is 0 Å². The quantitative estimate of drug-likeness (QED) is 0.632. The molecule has 0 amide bonds. The van der Waals surface area contributed by atoms with E-state index in [1.165, 1.54) is 7.11 Å². The normalized spacial score (nSPS) is 11.8. The smallest absolute Gasteiger partial charge is 0.328 e. The molecule has 5 heteroatoms. The highest BCUT2D eigenvalue weighted by Gasteiger charge is 2.17. The zero-order valence-electron chi connectivity index (χ0n) is 10.4. The Kier molecular flexibility index (Phi) is 4.34. The minimum absolute atomic E-state index is 0.341. The molecule has 0 saturated heterocycles. The van der Waals surface area contributed by atoms with Gasteiger partial charge in [0.1, 0.15) is 11.8 Å². The van der Waals surface area contributed by atoms with Crippen molar-refractivity contribution in [1.29, 1.82) is 0 Å². The standard InChI is InChI=1S/C12H17NO4/c1-7-9(15-3)5-6-10(11(7)16-4)17-12(14)8(2)13/h5-6,8H,13H2,1-4H3/t8-/m0/s1. The molecule has 0 aliphatic rings. The van der Waals surface area contributed by atoms with E-state index in [1.807, 2.05) is 6.92 Å². The van der Waals surface area contributed by atoms with Crippen molar-refractivity contribution in [2.45, 2.75) is 19.9 Å². The van der Waals surface area contributed by atoms with Crippen molar-refractivity contribution in [3.05, 3.63) is 17.7 Å². The maximum Gasteiger partial charge on any atom is 0.328 e. The third-order valence-corrected chi connectivity index (χ3v) is 2.33. The van der Waals surface area contributed by atoms with Crippen molar-refractivity contribution in [2.75, 3.05) is 14.2 Å². The van der Waals surface area contributed by atoms with Crippen LogP contribution < -0.4 is 19.9 Å². The molecule has 0 spiro atoms. The number of esters is 1. The van der Waals surface area contributed by atoms with Crippen LogP contribution in [0.1, 0.15) is 12.5 Å². The summed E-state index contributed by atoms with van der Waals surface area (Å²) in [6.07, 6.45) is 0. The summed E-state index contributed by atoms with van der Waals surface area (Å²) >= 11 is 0. The Balaban J connectivity index is 3.08. The van der Waals surface area contributed by atoms with Gasteiger partial charge in [0.25, 0.3) is 0 Å². The lowest BCUT2D eigenvalue weighted by atomic mass is 10.2. The molecule has 0 bridgehead atoms. The first kappa shape index (κ1) is 13.3. The van der Waals surface area contributed by atoms with Gasteiger partial charge in [0.15, 0.2) is 11.5 Å². The molecule has 0 unspecified atom stereocenters. The van der Waals surface area contributed by atoms with Crippen molar-refractivity contribution < 1.29 is 19.0 Å². The number of carbonyl (C=O) groups is 1. The Labute approximate surface area is 100 Å². The average Bonchev–Trinajstić information content (AvgIpc) is 2.29. The van der Waals surface area contributed by atoms with Crippen LogP contribution >= 0.6 is 0 Å². The molecule has 0 aromatic heterocycles. The van der Waals surface area contributed by atoms with Gasteiger partial charge >= 0.3 is 5.97 Å². The van der Waals surface area contributed by atoms with Gasteiger partial charge in [-0.05, 0) is 26.0 Å². The Bertz CT molecular complexity index is 415. The minimum Gasteiger partial charge on any atom is -0.496 e. The van der Waals surface area contributed by atoms with Crippen LogP contribution in [0.25, 0.3) is 0 Å². The average molecular weight is 239 g/mol. The summed E-state index contributed by atoms with van der Waals surface area (Å²) in [5.41, 5.74) is 6.20. The lowest BCUT2D eigenvalue weighted by Crippen LogP contribution is -2.31. The largest absolute Gasteiger partial charge is 0.496 e. The highest BCUT2D eigenvalue weighted by Crippen LogP contribution is 2.36. The summed E-state index contributed by atoms with van der Waals surface area (Å²) in [4.78, 5) is 11.4. The molecule has 1 atom stereocenters. The fourth-order valence-corrected chi connectivity index (χ4v) is 1.41. The van der Waals surface area contributed by atoms with Crippen LogP contribution in [-0.2, 0) is 4.79 Å². The first-order chi connectivity index (χ1) is 8.01. The number of hydrogen-bond acceptors (Lipinski definition) is 5. The highest BCUT2D eigenvalue weighted by atomic mass is 16.6. The summed E-state index contributed by atoms with van der Waals surface area (Å²) in [6.45, 7) is 3.38. The van der Waals surface area contributed by atoms with Gasteiger partial charge in [-0.25, -0.2) is 4.79 Å². The maximum atomic E-state index is 11.4. The third-order valence-electron chi connectivity index (χ3n) is 2.33. The fraction of sp³-hybridized carbons (Fsp3) is 0.417. The highest BCUT2D eigenvalue weighted by molar-refractivity contribution is 5.78. The number of ether oxygens (including phenoxy) is 3. The van der Waals surface area contributed by atoms with E-state index in [2.05, 4.69) is 0 Å². The molecule has 94 valence electrons. The second-order valence-electron chi connectivity index (χ2n) is 3.63. The molecule has 0 aliphatic heterocycles. The minimum atomic E-state index is -0.679. The zero-order chi connectivity index (χ0) is 13.0. The Hall–Kier alpha value is -1.75. The number of benzene rings is 1. The van der Waals surface area contributed by atoms with Crippen LogP contribution in [0.15, 0.2) is 12.1 Å². The Morgan fingerprint density at radius 2 is 1.82 bits per heavy atom. The van der Waals surface area contributed by atoms with Gasteiger partial charge in [-0.1, -0.05) is 0 Å². The van der Waals surface area contributed by atoms with E-state index in [0.29, 0.717) is 17.2 Å². The van der Waals surface area contributed by atoms with Crippen LogP contribution in [0.5, 0.6) is 17.2 Å². The van der Waals surface area contributed by atoms with Gasteiger partial charge in [-0.15, -0.1) is 0 Å². The van der Waals surface area contributed by atoms with E-state index in [0.717, 1.165) is 5.56 Å². The molecule has 1 aromatic carbocycles. The van der Waals surface area contributed by atoms with Crippen molar-refractivity contribution >= 4 is 5.97 Å². The van der Waals surface area contributed by atoms with Gasteiger partial charge in [0.2, 0.25) is 0 Å². The third kappa shape index (κ3) is 2.88. The molecule has 0 aliphatic carbocycles. The summed E-state index contributed by atoms with van der Waals surface area (Å²) < 4.78 is 15.5. The van der Waals surface area contributed by atoms with Crippen LogP contribution in [0.3, 0.4) is 0 Å². The molecule has 1 aromatic rings. The molecule has 0 heterocycles. The molecule has 2 N–H and O–H groups in total. The lowest BCUT2D eigenvalue weighted by Gasteiger charge is -2.14. The van der Waals surface area contributed by atoms with Crippen LogP contribution in [-0.4, -0.2) is 26.2 Å². The molecule has 17 heavy (non-hydrogen) atoms. The van der Waals surface area contributed by atoms with E-state index in [4.69, 9.17) is 19.9 Å². The van der Waals surface area contributed by atoms with Gasteiger partial charge < -0.3 is 19.9 Å². The van der Waals surface area contributed by atoms with Gasteiger partial charge in [-0.3, -0.25) is 0 Å². The van der Waals surface area contributed by atoms with Gasteiger partial charge in [0.05, 0.1) is 14.2 Å². The van der Waals surface area contributed by atoms with E-state index >= 15 is 0 Å². The SMILES string of the molecule is COc1ccc(OC(=O)[C@H](C)N)c(OC)c1C. The van der Waals surface area contributed by atoms with E-state index < -0.39 is 12.0 Å². The lowest BCUT2D eigenvalue weighted by molar-refractivity contribution is -0.135. The second kappa shape index (κ2) is 5.54. The van der Waals surface area contributed by atoms with E-state index in [1.54, 1.807) is 26.2 Å². The number of hydrogen-bond donors (Lipinski definition) is 1. The van der Waals surface area contributed by atoms with Crippen molar-refractivity contribution in [3.8, 4) is 17.2 Å².